The van der Waals surface area contributed by atoms with Gasteiger partial charge < -0.3 is 10.6 Å². The molecule has 3 atom stereocenters. The zero-order chi connectivity index (χ0) is 14.4. The van der Waals surface area contributed by atoms with Crippen LogP contribution in [-0.2, 0) is 6.42 Å². The highest BCUT2D eigenvalue weighted by Crippen LogP contribution is 2.29. The summed E-state index contributed by atoms with van der Waals surface area (Å²) in [6, 6.07) is 11.7. The summed E-state index contributed by atoms with van der Waals surface area (Å²) < 4.78 is 0. The third kappa shape index (κ3) is 4.32. The van der Waals surface area contributed by atoms with Gasteiger partial charge in [-0.05, 0) is 44.2 Å². The van der Waals surface area contributed by atoms with E-state index >= 15 is 0 Å². The number of likely N-dealkylation sites (N-methyl/N-ethyl adjacent to an activating group) is 1. The molecule has 1 aromatic carbocycles. The van der Waals surface area contributed by atoms with Crippen LogP contribution in [0.5, 0.6) is 0 Å². The van der Waals surface area contributed by atoms with E-state index < -0.39 is 0 Å². The molecule has 0 bridgehead atoms. The van der Waals surface area contributed by atoms with Gasteiger partial charge in [-0.25, -0.2) is 0 Å². The van der Waals surface area contributed by atoms with Gasteiger partial charge in [0.25, 0.3) is 0 Å². The molecule has 0 saturated heterocycles. The van der Waals surface area contributed by atoms with Crippen molar-refractivity contribution in [2.45, 2.75) is 57.5 Å². The van der Waals surface area contributed by atoms with E-state index in [1.54, 1.807) is 0 Å². The maximum absolute atomic E-state index is 6.37. The van der Waals surface area contributed by atoms with Crippen molar-refractivity contribution in [2.24, 2.45) is 11.7 Å². The normalized spacial score (nSPS) is 26.9. The van der Waals surface area contributed by atoms with Crippen molar-refractivity contribution < 1.29 is 0 Å². The van der Waals surface area contributed by atoms with E-state index in [-0.39, 0.29) is 0 Å². The Bertz CT molecular complexity index is 376. The fraction of sp³-hybridized carbons (Fsp3) is 0.667. The molecule has 0 radical (unpaired) electrons. The minimum absolute atomic E-state index is 0.365. The molecule has 3 unspecified atom stereocenters. The second-order valence-electron chi connectivity index (χ2n) is 6.42. The lowest BCUT2D eigenvalue weighted by Crippen LogP contribution is -2.50. The lowest BCUT2D eigenvalue weighted by atomic mass is 9.80. The molecule has 2 N–H and O–H groups in total. The van der Waals surface area contributed by atoms with Gasteiger partial charge in [0.05, 0.1) is 0 Å². The Morgan fingerprint density at radius 2 is 1.95 bits per heavy atom. The van der Waals surface area contributed by atoms with Gasteiger partial charge in [-0.15, -0.1) is 0 Å². The first-order valence-corrected chi connectivity index (χ1v) is 8.20. The third-order valence-corrected chi connectivity index (χ3v) is 4.84. The van der Waals surface area contributed by atoms with Gasteiger partial charge in [0.1, 0.15) is 0 Å². The van der Waals surface area contributed by atoms with E-state index in [0.29, 0.717) is 12.1 Å². The zero-order valence-corrected chi connectivity index (χ0v) is 13.1. The predicted octanol–water partition coefficient (Wildman–Crippen LogP) is 3.46. The van der Waals surface area contributed by atoms with Crippen LogP contribution in [-0.4, -0.2) is 30.6 Å². The Kier molecular flexibility index (Phi) is 6.06. The SMILES string of the molecule is CCCC1CCC(N)C(N(C)CCc2ccccc2)C1. The summed E-state index contributed by atoms with van der Waals surface area (Å²) in [4.78, 5) is 2.50. The zero-order valence-electron chi connectivity index (χ0n) is 13.1. The van der Waals surface area contributed by atoms with E-state index in [1.165, 1.54) is 37.7 Å². The Morgan fingerprint density at radius 3 is 2.65 bits per heavy atom. The molecule has 0 amide bonds. The van der Waals surface area contributed by atoms with Crippen molar-refractivity contribution >= 4 is 0 Å². The number of nitrogens with two attached hydrogens (primary N) is 1. The largest absolute Gasteiger partial charge is 0.326 e. The number of hydrogen-bond donors (Lipinski definition) is 1. The van der Waals surface area contributed by atoms with Crippen LogP contribution in [0, 0.1) is 5.92 Å². The highest BCUT2D eigenvalue weighted by molar-refractivity contribution is 5.14. The van der Waals surface area contributed by atoms with Crippen molar-refractivity contribution in [3.63, 3.8) is 0 Å². The van der Waals surface area contributed by atoms with Crippen LogP contribution in [0.15, 0.2) is 30.3 Å². The molecule has 2 rings (SSSR count). The molecule has 0 aliphatic heterocycles. The Morgan fingerprint density at radius 1 is 1.20 bits per heavy atom. The lowest BCUT2D eigenvalue weighted by Gasteiger charge is -2.39. The second-order valence-corrected chi connectivity index (χ2v) is 6.42. The summed E-state index contributed by atoms with van der Waals surface area (Å²) >= 11 is 0. The fourth-order valence-corrected chi connectivity index (χ4v) is 3.55. The quantitative estimate of drug-likeness (QED) is 0.861. The molecule has 1 aromatic rings. The maximum atomic E-state index is 6.37. The molecule has 0 spiro atoms. The minimum Gasteiger partial charge on any atom is -0.326 e. The Balaban J connectivity index is 1.85. The number of hydrogen-bond acceptors (Lipinski definition) is 2. The van der Waals surface area contributed by atoms with Gasteiger partial charge in [0.15, 0.2) is 0 Å². The molecule has 0 aromatic heterocycles. The molecule has 1 fully saturated rings. The van der Waals surface area contributed by atoms with Crippen LogP contribution in [0.1, 0.15) is 44.6 Å². The summed E-state index contributed by atoms with van der Waals surface area (Å²) in [5, 5.41) is 0. The maximum Gasteiger partial charge on any atom is 0.0246 e. The molecule has 0 heterocycles. The van der Waals surface area contributed by atoms with Crippen LogP contribution in [0.25, 0.3) is 0 Å². The van der Waals surface area contributed by atoms with Crippen LogP contribution in [0.2, 0.25) is 0 Å². The van der Waals surface area contributed by atoms with E-state index in [4.69, 9.17) is 5.73 Å². The molecule has 112 valence electrons. The van der Waals surface area contributed by atoms with Crippen molar-refractivity contribution in [1.82, 2.24) is 4.90 Å². The van der Waals surface area contributed by atoms with Crippen LogP contribution in [0.3, 0.4) is 0 Å². The summed E-state index contributed by atoms with van der Waals surface area (Å²) in [6.07, 6.45) is 7.62. The first kappa shape index (κ1) is 15.5. The van der Waals surface area contributed by atoms with Gasteiger partial charge in [-0.2, -0.15) is 0 Å². The molecular weight excluding hydrogens is 244 g/mol. The van der Waals surface area contributed by atoms with Crippen LogP contribution in [0.4, 0.5) is 0 Å². The average molecular weight is 274 g/mol. The summed E-state index contributed by atoms with van der Waals surface area (Å²) in [7, 11) is 2.25. The summed E-state index contributed by atoms with van der Waals surface area (Å²) in [5.74, 6) is 0.893. The molecular formula is C18H30N2. The second kappa shape index (κ2) is 7.80. The number of nitrogens with zero attached hydrogens (tertiary/aromatic N) is 1. The Hall–Kier alpha value is -0.860. The Labute approximate surface area is 124 Å². The van der Waals surface area contributed by atoms with Gasteiger partial charge in [-0.3, -0.25) is 0 Å². The summed E-state index contributed by atoms with van der Waals surface area (Å²) in [6.45, 7) is 3.41. The topological polar surface area (TPSA) is 29.3 Å². The molecule has 2 heteroatoms. The fourth-order valence-electron chi connectivity index (χ4n) is 3.55. The third-order valence-electron chi connectivity index (χ3n) is 4.84. The van der Waals surface area contributed by atoms with Crippen LogP contribution >= 0.6 is 0 Å². The highest BCUT2D eigenvalue weighted by Gasteiger charge is 2.30. The first-order valence-electron chi connectivity index (χ1n) is 8.20. The minimum atomic E-state index is 0.365. The van der Waals surface area contributed by atoms with E-state index in [1.807, 2.05) is 0 Å². The summed E-state index contributed by atoms with van der Waals surface area (Å²) in [5.41, 5.74) is 7.79. The standard InChI is InChI=1S/C18H30N2/c1-3-7-16-10-11-17(19)18(14-16)20(2)13-12-15-8-5-4-6-9-15/h4-6,8-9,16-18H,3,7,10-14,19H2,1-2H3. The van der Waals surface area contributed by atoms with Crippen molar-refractivity contribution in [3.8, 4) is 0 Å². The first-order chi connectivity index (χ1) is 9.70. The lowest BCUT2D eigenvalue weighted by molar-refractivity contribution is 0.134. The average Bonchev–Trinajstić information content (AvgIpc) is 2.48. The van der Waals surface area contributed by atoms with Crippen molar-refractivity contribution in [3.05, 3.63) is 35.9 Å². The highest BCUT2D eigenvalue weighted by atomic mass is 15.1. The van der Waals surface area contributed by atoms with Gasteiger partial charge in [-0.1, -0.05) is 50.1 Å². The number of rotatable bonds is 6. The smallest absolute Gasteiger partial charge is 0.0246 e. The van der Waals surface area contributed by atoms with Crippen molar-refractivity contribution in [2.75, 3.05) is 13.6 Å². The van der Waals surface area contributed by atoms with Gasteiger partial charge in [0, 0.05) is 18.6 Å². The molecule has 2 nitrogen and oxygen atoms in total. The van der Waals surface area contributed by atoms with Crippen LogP contribution < -0.4 is 5.73 Å². The monoisotopic (exact) mass is 274 g/mol. The van der Waals surface area contributed by atoms with E-state index in [2.05, 4.69) is 49.2 Å². The molecule has 20 heavy (non-hydrogen) atoms. The van der Waals surface area contributed by atoms with Gasteiger partial charge >= 0.3 is 0 Å². The molecule has 1 aliphatic carbocycles. The predicted molar refractivity (Wildman–Crippen MR) is 86.8 cm³/mol. The van der Waals surface area contributed by atoms with E-state index in [9.17, 15) is 0 Å². The van der Waals surface area contributed by atoms with Gasteiger partial charge in [0.2, 0.25) is 0 Å². The molecule has 1 saturated carbocycles. The molecule has 1 aliphatic rings. The number of benzene rings is 1. The van der Waals surface area contributed by atoms with Crippen molar-refractivity contribution in [1.29, 1.82) is 0 Å². The van der Waals surface area contributed by atoms with E-state index in [0.717, 1.165) is 18.9 Å².